The molecule has 4 heterocycles. The number of benzene rings is 2. The summed E-state index contributed by atoms with van der Waals surface area (Å²) in [4.78, 5) is 45.6. The van der Waals surface area contributed by atoms with Crippen molar-refractivity contribution >= 4 is 46.0 Å². The Morgan fingerprint density at radius 1 is 1.02 bits per heavy atom. The Balaban J connectivity index is 1.26. The molecular formula is C32H30N8O2. The van der Waals surface area contributed by atoms with Gasteiger partial charge in [-0.15, -0.1) is 0 Å². The molecule has 210 valence electrons. The van der Waals surface area contributed by atoms with Crippen molar-refractivity contribution in [1.82, 2.24) is 24.8 Å². The molecule has 42 heavy (non-hydrogen) atoms. The van der Waals surface area contributed by atoms with Gasteiger partial charge < -0.3 is 20.5 Å². The molecule has 0 radical (unpaired) electrons. The summed E-state index contributed by atoms with van der Waals surface area (Å²) in [6.07, 6.45) is 9.11. The maximum atomic E-state index is 12.4. The van der Waals surface area contributed by atoms with Gasteiger partial charge in [0.1, 0.15) is 12.1 Å². The summed E-state index contributed by atoms with van der Waals surface area (Å²) in [6, 6.07) is 17.4. The van der Waals surface area contributed by atoms with Gasteiger partial charge in [-0.2, -0.15) is 0 Å². The molecule has 1 aliphatic heterocycles. The Hall–Kier alpha value is -5.35. The number of para-hydroxylation sites is 1. The number of carbonyl (C=O) groups excluding carboxylic acids is 2. The second-order valence-electron chi connectivity index (χ2n) is 10.1. The fraction of sp³-hybridized carbons (Fsp3) is 0.156. The van der Waals surface area contributed by atoms with E-state index in [4.69, 9.17) is 0 Å². The average Bonchev–Trinajstić information content (AvgIpc) is 3.47. The van der Waals surface area contributed by atoms with Gasteiger partial charge >= 0.3 is 0 Å². The molecule has 1 amide bonds. The normalized spacial score (nSPS) is 13.6. The van der Waals surface area contributed by atoms with Crippen LogP contribution in [0.2, 0.25) is 0 Å². The van der Waals surface area contributed by atoms with Crippen LogP contribution in [0.4, 0.5) is 22.9 Å². The Bertz CT molecular complexity index is 1740. The molecular weight excluding hydrogens is 528 g/mol. The number of carbonyl (C=O) groups is 2. The molecule has 2 aromatic carbocycles. The van der Waals surface area contributed by atoms with Gasteiger partial charge in [0.2, 0.25) is 5.91 Å². The van der Waals surface area contributed by atoms with Gasteiger partial charge in [-0.3, -0.25) is 19.5 Å². The Labute approximate surface area is 243 Å². The number of aromatic nitrogens is 4. The number of H-pyrrole nitrogens is 1. The van der Waals surface area contributed by atoms with Crippen molar-refractivity contribution in [2.24, 2.45) is 0 Å². The summed E-state index contributed by atoms with van der Waals surface area (Å²) in [5.74, 6) is 0.186. The predicted octanol–water partition coefficient (Wildman–Crippen LogP) is 5.02. The quantitative estimate of drug-likeness (QED) is 0.170. The fourth-order valence-corrected chi connectivity index (χ4v) is 5.25. The third-order valence-corrected chi connectivity index (χ3v) is 7.38. The second-order valence-corrected chi connectivity index (χ2v) is 10.1. The highest BCUT2D eigenvalue weighted by Crippen LogP contribution is 2.35. The maximum Gasteiger partial charge on any atom is 0.247 e. The fourth-order valence-electron chi connectivity index (χ4n) is 5.25. The van der Waals surface area contributed by atoms with Crippen LogP contribution in [0.5, 0.6) is 0 Å². The lowest BCUT2D eigenvalue weighted by molar-refractivity contribution is -0.111. The smallest absolute Gasteiger partial charge is 0.247 e. The van der Waals surface area contributed by atoms with Crippen LogP contribution in [0, 0.1) is 0 Å². The number of rotatable bonds is 9. The van der Waals surface area contributed by atoms with Crippen LogP contribution in [0.25, 0.3) is 22.2 Å². The number of aldehydes is 1. The molecule has 3 aromatic heterocycles. The largest absolute Gasteiger partial charge is 0.367 e. The molecule has 0 spiro atoms. The molecule has 1 aliphatic rings. The number of pyridine rings is 1. The van der Waals surface area contributed by atoms with Gasteiger partial charge in [-0.1, -0.05) is 30.8 Å². The molecule has 0 atom stereocenters. The molecule has 0 bridgehead atoms. The van der Waals surface area contributed by atoms with E-state index >= 15 is 0 Å². The highest BCUT2D eigenvalue weighted by molar-refractivity contribution is 6.03. The maximum absolute atomic E-state index is 12.4. The lowest BCUT2D eigenvalue weighted by Gasteiger charge is -2.37. The van der Waals surface area contributed by atoms with Crippen LogP contribution in [0.1, 0.15) is 15.9 Å². The molecule has 1 fully saturated rings. The topological polar surface area (TPSA) is 119 Å². The van der Waals surface area contributed by atoms with E-state index in [1.54, 1.807) is 12.3 Å². The van der Waals surface area contributed by atoms with E-state index in [2.05, 4.69) is 53.0 Å². The summed E-state index contributed by atoms with van der Waals surface area (Å²) in [6.45, 7) is 7.56. The van der Waals surface area contributed by atoms with Crippen LogP contribution in [0.3, 0.4) is 0 Å². The molecule has 0 saturated carbocycles. The average molecular weight is 559 g/mol. The Morgan fingerprint density at radius 3 is 2.67 bits per heavy atom. The number of fused-ring (bicyclic) bond motifs is 1. The zero-order valence-corrected chi connectivity index (χ0v) is 23.0. The number of nitrogens with zero attached hydrogens (tertiary/aromatic N) is 5. The van der Waals surface area contributed by atoms with Gasteiger partial charge in [-0.05, 0) is 35.9 Å². The standard InChI is InChI=1S/C32H30N8O2/c1-2-32(42)38-29-15-27(37-31-16-28(35-21-36-31)25-18-34-26-8-4-3-7-24(25)26)23(20-41)14-30(29)40-12-10-39(11-13-40)19-22-6-5-9-33-17-22/h2-9,14-18,20-21,34H,1,10-13,19H2,(H,38,42)(H,35,36,37). The summed E-state index contributed by atoms with van der Waals surface area (Å²) in [5, 5.41) is 7.25. The van der Waals surface area contributed by atoms with Crippen LogP contribution >= 0.6 is 0 Å². The zero-order chi connectivity index (χ0) is 28.9. The van der Waals surface area contributed by atoms with Crippen LogP contribution in [-0.2, 0) is 11.3 Å². The van der Waals surface area contributed by atoms with Gasteiger partial charge in [-0.25, -0.2) is 9.97 Å². The summed E-state index contributed by atoms with van der Waals surface area (Å²) in [5.41, 5.74) is 6.20. The third-order valence-electron chi connectivity index (χ3n) is 7.38. The zero-order valence-electron chi connectivity index (χ0n) is 23.0. The van der Waals surface area contributed by atoms with Crippen LogP contribution < -0.4 is 15.5 Å². The molecule has 5 aromatic rings. The van der Waals surface area contributed by atoms with E-state index in [0.717, 1.165) is 66.9 Å². The van der Waals surface area contributed by atoms with Crippen molar-refractivity contribution in [3.8, 4) is 11.3 Å². The summed E-state index contributed by atoms with van der Waals surface area (Å²) < 4.78 is 0. The van der Waals surface area contributed by atoms with Crippen molar-refractivity contribution < 1.29 is 9.59 Å². The molecule has 10 nitrogen and oxygen atoms in total. The van der Waals surface area contributed by atoms with Crippen molar-refractivity contribution in [2.45, 2.75) is 6.54 Å². The Morgan fingerprint density at radius 2 is 1.88 bits per heavy atom. The number of amides is 1. The number of piperazine rings is 1. The molecule has 1 saturated heterocycles. The van der Waals surface area contributed by atoms with E-state index in [-0.39, 0.29) is 5.91 Å². The van der Waals surface area contributed by atoms with E-state index in [0.29, 0.717) is 22.8 Å². The molecule has 0 unspecified atom stereocenters. The molecule has 0 aliphatic carbocycles. The lowest BCUT2D eigenvalue weighted by Crippen LogP contribution is -2.46. The predicted molar refractivity (Wildman–Crippen MR) is 165 cm³/mol. The minimum absolute atomic E-state index is 0.333. The molecule has 3 N–H and O–H groups in total. The third kappa shape index (κ3) is 5.74. The van der Waals surface area contributed by atoms with E-state index in [9.17, 15) is 9.59 Å². The van der Waals surface area contributed by atoms with Crippen molar-refractivity contribution in [3.05, 3.63) is 103 Å². The molecule has 6 rings (SSSR count). The van der Waals surface area contributed by atoms with Gasteiger partial charge in [0, 0.05) is 79.4 Å². The molecule has 10 heteroatoms. The first-order valence-corrected chi connectivity index (χ1v) is 13.7. The lowest BCUT2D eigenvalue weighted by atomic mass is 10.1. The first-order chi connectivity index (χ1) is 20.6. The second kappa shape index (κ2) is 12.0. The van der Waals surface area contributed by atoms with Gasteiger partial charge in [0.25, 0.3) is 0 Å². The van der Waals surface area contributed by atoms with Crippen LogP contribution in [0.15, 0.2) is 92.2 Å². The Kier molecular flexibility index (Phi) is 7.69. The van der Waals surface area contributed by atoms with Gasteiger partial charge in [0.15, 0.2) is 6.29 Å². The number of anilines is 4. The van der Waals surface area contributed by atoms with Crippen molar-refractivity contribution in [3.63, 3.8) is 0 Å². The minimum Gasteiger partial charge on any atom is -0.367 e. The van der Waals surface area contributed by atoms with E-state index < -0.39 is 0 Å². The SMILES string of the molecule is C=CC(=O)Nc1cc(Nc2cc(-c3c[nH]c4ccccc34)ncn2)c(C=O)cc1N1CCN(Cc2cccnc2)CC1. The number of nitrogens with one attached hydrogen (secondary N) is 3. The number of aromatic amines is 1. The summed E-state index contributed by atoms with van der Waals surface area (Å²) in [7, 11) is 0. The van der Waals surface area contributed by atoms with Crippen LogP contribution in [-0.4, -0.2) is 63.2 Å². The van der Waals surface area contributed by atoms with Crippen molar-refractivity contribution in [1.29, 1.82) is 0 Å². The minimum atomic E-state index is -0.333. The van der Waals surface area contributed by atoms with Gasteiger partial charge in [0.05, 0.1) is 22.8 Å². The first-order valence-electron chi connectivity index (χ1n) is 13.7. The number of hydrogen-bond donors (Lipinski definition) is 3. The highest BCUT2D eigenvalue weighted by Gasteiger charge is 2.22. The monoisotopic (exact) mass is 558 g/mol. The highest BCUT2D eigenvalue weighted by atomic mass is 16.1. The van der Waals surface area contributed by atoms with Crippen molar-refractivity contribution in [2.75, 3.05) is 41.7 Å². The number of hydrogen-bond acceptors (Lipinski definition) is 8. The van der Waals surface area contributed by atoms with E-state index in [1.807, 2.05) is 54.9 Å². The first kappa shape index (κ1) is 26.9. The van der Waals surface area contributed by atoms with E-state index in [1.165, 1.54) is 18.0 Å². The summed E-state index contributed by atoms with van der Waals surface area (Å²) >= 11 is 0.